The van der Waals surface area contributed by atoms with E-state index in [1.54, 1.807) is 6.92 Å². The van der Waals surface area contributed by atoms with Crippen LogP contribution >= 0.6 is 0 Å². The zero-order valence-corrected chi connectivity index (χ0v) is 12.5. The minimum absolute atomic E-state index is 0.173. The molecule has 0 amide bonds. The summed E-state index contributed by atoms with van der Waals surface area (Å²) >= 11 is 0. The van der Waals surface area contributed by atoms with Crippen molar-refractivity contribution in [1.82, 2.24) is 0 Å². The molecule has 2 N–H and O–H groups in total. The lowest BCUT2D eigenvalue weighted by atomic mass is 9.91. The van der Waals surface area contributed by atoms with Gasteiger partial charge in [-0.3, -0.25) is 4.79 Å². The van der Waals surface area contributed by atoms with E-state index in [9.17, 15) is 19.8 Å². The highest BCUT2D eigenvalue weighted by molar-refractivity contribution is 5.81. The van der Waals surface area contributed by atoms with Crippen molar-refractivity contribution in [3.05, 3.63) is 12.7 Å². The maximum Gasteiger partial charge on any atom is 0.330 e. The Bertz CT molecular complexity index is 324. The standard InChI is InChI=1S/C15H26O5/c1-5-12(16)8-11(15(18)19)9-13(7-10(3)4)20-14(17)6-2/h6,10-13,16H,2,5,7-9H2,1,3-4H3,(H,18,19). The van der Waals surface area contributed by atoms with Gasteiger partial charge in [0.25, 0.3) is 0 Å². The van der Waals surface area contributed by atoms with E-state index < -0.39 is 30.1 Å². The number of aliphatic hydroxyl groups excluding tert-OH is 1. The van der Waals surface area contributed by atoms with E-state index in [0.29, 0.717) is 12.8 Å². The molecule has 20 heavy (non-hydrogen) atoms. The van der Waals surface area contributed by atoms with Crippen LogP contribution in [0.15, 0.2) is 12.7 Å². The van der Waals surface area contributed by atoms with Gasteiger partial charge in [0.1, 0.15) is 6.10 Å². The second kappa shape index (κ2) is 9.53. The van der Waals surface area contributed by atoms with Crippen LogP contribution in [0.1, 0.15) is 46.5 Å². The van der Waals surface area contributed by atoms with E-state index >= 15 is 0 Å². The molecular weight excluding hydrogens is 260 g/mol. The summed E-state index contributed by atoms with van der Waals surface area (Å²) < 4.78 is 5.20. The van der Waals surface area contributed by atoms with Gasteiger partial charge in [0.05, 0.1) is 12.0 Å². The molecule has 0 bridgehead atoms. The molecule has 0 aromatic rings. The van der Waals surface area contributed by atoms with E-state index in [1.165, 1.54) is 0 Å². The largest absolute Gasteiger partial charge is 0.481 e. The lowest BCUT2D eigenvalue weighted by molar-refractivity contribution is -0.150. The third-order valence-corrected chi connectivity index (χ3v) is 3.11. The summed E-state index contributed by atoms with van der Waals surface area (Å²) in [6.07, 6.45) is 1.44. The number of aliphatic carboxylic acids is 1. The Hall–Kier alpha value is -1.36. The molecule has 3 unspecified atom stereocenters. The molecule has 0 aromatic heterocycles. The summed E-state index contributed by atoms with van der Waals surface area (Å²) in [5.41, 5.74) is 0. The third kappa shape index (κ3) is 7.94. The van der Waals surface area contributed by atoms with E-state index in [-0.39, 0.29) is 18.8 Å². The minimum Gasteiger partial charge on any atom is -0.481 e. The number of aliphatic hydroxyl groups is 1. The van der Waals surface area contributed by atoms with Crippen molar-refractivity contribution in [3.8, 4) is 0 Å². The Morgan fingerprint density at radius 3 is 2.25 bits per heavy atom. The van der Waals surface area contributed by atoms with Gasteiger partial charge in [-0.2, -0.15) is 0 Å². The average molecular weight is 286 g/mol. The highest BCUT2D eigenvalue weighted by Crippen LogP contribution is 2.22. The summed E-state index contributed by atoms with van der Waals surface area (Å²) in [6, 6.07) is 0. The Balaban J connectivity index is 4.73. The second-order valence-corrected chi connectivity index (χ2v) is 5.46. The number of esters is 1. The van der Waals surface area contributed by atoms with Gasteiger partial charge in [-0.25, -0.2) is 4.79 Å². The fraction of sp³-hybridized carbons (Fsp3) is 0.733. The van der Waals surface area contributed by atoms with Gasteiger partial charge in [-0.15, -0.1) is 0 Å². The van der Waals surface area contributed by atoms with Crippen LogP contribution in [0.2, 0.25) is 0 Å². The predicted octanol–water partition coefficient (Wildman–Crippen LogP) is 2.38. The van der Waals surface area contributed by atoms with E-state index in [0.717, 1.165) is 6.08 Å². The van der Waals surface area contributed by atoms with Crippen molar-refractivity contribution >= 4 is 11.9 Å². The SMILES string of the molecule is C=CC(=O)OC(CC(C)C)CC(CC(O)CC)C(=O)O. The molecule has 0 aromatic carbocycles. The number of carboxylic acid groups (broad SMARTS) is 1. The number of carboxylic acids is 1. The zero-order valence-electron chi connectivity index (χ0n) is 12.5. The van der Waals surface area contributed by atoms with Crippen LogP contribution in [0, 0.1) is 11.8 Å². The number of ether oxygens (including phenoxy) is 1. The number of carbonyl (C=O) groups excluding carboxylic acids is 1. The first-order chi connectivity index (χ1) is 9.29. The first-order valence-electron chi connectivity index (χ1n) is 7.04. The van der Waals surface area contributed by atoms with Crippen LogP contribution in [0.25, 0.3) is 0 Å². The molecule has 116 valence electrons. The average Bonchev–Trinajstić information content (AvgIpc) is 2.36. The predicted molar refractivity (Wildman–Crippen MR) is 76.2 cm³/mol. The smallest absolute Gasteiger partial charge is 0.330 e. The molecule has 0 aliphatic heterocycles. The maximum atomic E-state index is 11.3. The molecule has 5 nitrogen and oxygen atoms in total. The van der Waals surface area contributed by atoms with Crippen molar-refractivity contribution in [2.75, 3.05) is 0 Å². The second-order valence-electron chi connectivity index (χ2n) is 5.46. The molecule has 5 heteroatoms. The van der Waals surface area contributed by atoms with Crippen molar-refractivity contribution in [1.29, 1.82) is 0 Å². The Labute approximate surface area is 120 Å². The van der Waals surface area contributed by atoms with Crippen LogP contribution in [-0.2, 0) is 14.3 Å². The molecule has 0 radical (unpaired) electrons. The fourth-order valence-electron chi connectivity index (χ4n) is 2.04. The third-order valence-electron chi connectivity index (χ3n) is 3.11. The first kappa shape index (κ1) is 18.6. The topological polar surface area (TPSA) is 83.8 Å². The van der Waals surface area contributed by atoms with Crippen LogP contribution in [0.5, 0.6) is 0 Å². The molecule has 0 rings (SSSR count). The van der Waals surface area contributed by atoms with Crippen LogP contribution in [0.3, 0.4) is 0 Å². The number of rotatable bonds is 10. The number of carbonyl (C=O) groups is 2. The van der Waals surface area contributed by atoms with Crippen LogP contribution in [-0.4, -0.2) is 34.4 Å². The molecule has 0 aliphatic carbocycles. The summed E-state index contributed by atoms with van der Waals surface area (Å²) in [6.45, 7) is 9.09. The van der Waals surface area contributed by atoms with Crippen molar-refractivity contribution in [3.63, 3.8) is 0 Å². The maximum absolute atomic E-state index is 11.3. The number of hydrogen-bond acceptors (Lipinski definition) is 4. The first-order valence-corrected chi connectivity index (χ1v) is 7.04. The zero-order chi connectivity index (χ0) is 15.7. The summed E-state index contributed by atoms with van der Waals surface area (Å²) in [5.74, 6) is -1.95. The lowest BCUT2D eigenvalue weighted by Crippen LogP contribution is -2.28. The Kier molecular flexibility index (Phi) is 8.88. The van der Waals surface area contributed by atoms with Gasteiger partial charge in [0.2, 0.25) is 0 Å². The molecule has 0 aliphatic rings. The van der Waals surface area contributed by atoms with E-state index in [2.05, 4.69) is 6.58 Å². The molecule has 0 heterocycles. The summed E-state index contributed by atoms with van der Waals surface area (Å²) in [4.78, 5) is 22.6. The molecular formula is C15H26O5. The fourth-order valence-corrected chi connectivity index (χ4v) is 2.04. The quantitative estimate of drug-likeness (QED) is 0.476. The van der Waals surface area contributed by atoms with Gasteiger partial charge in [0, 0.05) is 6.08 Å². The van der Waals surface area contributed by atoms with Crippen LogP contribution in [0.4, 0.5) is 0 Å². The number of hydrogen-bond donors (Lipinski definition) is 2. The van der Waals surface area contributed by atoms with Gasteiger partial charge in [-0.05, 0) is 31.6 Å². The highest BCUT2D eigenvalue weighted by Gasteiger charge is 2.27. The summed E-state index contributed by atoms with van der Waals surface area (Å²) in [5, 5.41) is 18.8. The normalized spacial score (nSPS) is 15.4. The van der Waals surface area contributed by atoms with Crippen molar-refractivity contribution < 1.29 is 24.5 Å². The Morgan fingerprint density at radius 2 is 1.85 bits per heavy atom. The van der Waals surface area contributed by atoms with Crippen molar-refractivity contribution in [2.24, 2.45) is 11.8 Å². The van der Waals surface area contributed by atoms with Crippen molar-refractivity contribution in [2.45, 2.75) is 58.7 Å². The van der Waals surface area contributed by atoms with E-state index in [4.69, 9.17) is 4.74 Å². The molecule has 0 saturated carbocycles. The molecule has 0 spiro atoms. The van der Waals surface area contributed by atoms with Gasteiger partial charge < -0.3 is 14.9 Å². The van der Waals surface area contributed by atoms with Gasteiger partial charge >= 0.3 is 11.9 Å². The molecule has 0 fully saturated rings. The highest BCUT2D eigenvalue weighted by atomic mass is 16.5. The van der Waals surface area contributed by atoms with Gasteiger partial charge in [-0.1, -0.05) is 27.4 Å². The minimum atomic E-state index is -0.971. The Morgan fingerprint density at radius 1 is 1.25 bits per heavy atom. The van der Waals surface area contributed by atoms with Crippen LogP contribution < -0.4 is 0 Å². The van der Waals surface area contributed by atoms with E-state index in [1.807, 2.05) is 13.8 Å². The molecule has 3 atom stereocenters. The lowest BCUT2D eigenvalue weighted by Gasteiger charge is -2.23. The molecule has 0 saturated heterocycles. The summed E-state index contributed by atoms with van der Waals surface area (Å²) in [7, 11) is 0. The van der Waals surface area contributed by atoms with Gasteiger partial charge in [0.15, 0.2) is 0 Å². The monoisotopic (exact) mass is 286 g/mol.